The predicted molar refractivity (Wildman–Crippen MR) is 71.7 cm³/mol. The number of fused-ring (bicyclic) bond motifs is 1. The van der Waals surface area contributed by atoms with E-state index in [1.807, 2.05) is 25.1 Å². The summed E-state index contributed by atoms with van der Waals surface area (Å²) in [6.07, 6.45) is 1.26. The normalized spacial score (nSPS) is 23.4. The molecule has 4 heteroatoms. The number of ether oxygens (including phenoxy) is 1. The molecule has 1 aromatic heterocycles. The van der Waals surface area contributed by atoms with Crippen LogP contribution in [0.5, 0.6) is 0 Å². The number of nitrogens with zero attached hydrogens (tertiary/aromatic N) is 2. The largest absolute Gasteiger partial charge is 0.376 e. The van der Waals surface area contributed by atoms with Crippen LogP contribution in [0, 0.1) is 6.92 Å². The van der Waals surface area contributed by atoms with Crippen molar-refractivity contribution in [3.63, 3.8) is 0 Å². The summed E-state index contributed by atoms with van der Waals surface area (Å²) in [5.74, 6) is 1.71. The summed E-state index contributed by atoms with van der Waals surface area (Å²) in [4.78, 5) is 8.97. The highest BCUT2D eigenvalue weighted by molar-refractivity contribution is 5.89. The Morgan fingerprint density at radius 2 is 2.11 bits per heavy atom. The van der Waals surface area contributed by atoms with Crippen LogP contribution in [0.15, 0.2) is 24.3 Å². The van der Waals surface area contributed by atoms with Crippen LogP contribution >= 0.6 is 0 Å². The van der Waals surface area contributed by atoms with E-state index in [1.165, 1.54) is 0 Å². The fraction of sp³-hybridized carbons (Fsp3) is 0.429. The zero-order valence-electron chi connectivity index (χ0n) is 10.7. The van der Waals surface area contributed by atoms with Gasteiger partial charge in [-0.05, 0) is 32.4 Å². The molecule has 4 nitrogen and oxygen atoms in total. The Morgan fingerprint density at radius 3 is 2.89 bits per heavy atom. The first kappa shape index (κ1) is 11.4. The van der Waals surface area contributed by atoms with Gasteiger partial charge in [0.2, 0.25) is 0 Å². The number of hydrogen-bond acceptors (Lipinski definition) is 4. The molecule has 0 spiro atoms. The average molecular weight is 243 g/mol. The molecule has 0 radical (unpaired) electrons. The van der Waals surface area contributed by atoms with E-state index in [-0.39, 0.29) is 6.10 Å². The number of aromatic nitrogens is 2. The first-order valence-electron chi connectivity index (χ1n) is 6.35. The van der Waals surface area contributed by atoms with Gasteiger partial charge in [-0.1, -0.05) is 12.1 Å². The summed E-state index contributed by atoms with van der Waals surface area (Å²) >= 11 is 0. The van der Waals surface area contributed by atoms with Crippen molar-refractivity contribution in [1.82, 2.24) is 9.97 Å². The summed E-state index contributed by atoms with van der Waals surface area (Å²) in [6, 6.07) is 8.42. The maximum absolute atomic E-state index is 5.57. The smallest absolute Gasteiger partial charge is 0.137 e. The molecule has 0 aliphatic carbocycles. The lowest BCUT2D eigenvalue weighted by Gasteiger charge is -2.18. The minimum absolute atomic E-state index is 0.235. The van der Waals surface area contributed by atoms with Gasteiger partial charge >= 0.3 is 0 Å². The molecule has 3 rings (SSSR count). The fourth-order valence-corrected chi connectivity index (χ4v) is 2.40. The van der Waals surface area contributed by atoms with E-state index in [1.54, 1.807) is 0 Å². The van der Waals surface area contributed by atoms with E-state index >= 15 is 0 Å². The van der Waals surface area contributed by atoms with Gasteiger partial charge in [-0.15, -0.1) is 0 Å². The third-order valence-electron chi connectivity index (χ3n) is 3.41. The molecule has 1 N–H and O–H groups in total. The van der Waals surface area contributed by atoms with Crippen molar-refractivity contribution in [2.75, 3.05) is 11.9 Å². The maximum Gasteiger partial charge on any atom is 0.137 e. The highest BCUT2D eigenvalue weighted by Crippen LogP contribution is 2.24. The maximum atomic E-state index is 5.57. The molecule has 2 heterocycles. The first-order valence-corrected chi connectivity index (χ1v) is 6.35. The Kier molecular flexibility index (Phi) is 2.88. The number of aryl methyl sites for hydroxylation is 1. The van der Waals surface area contributed by atoms with E-state index in [4.69, 9.17) is 4.74 Å². The third-order valence-corrected chi connectivity index (χ3v) is 3.41. The van der Waals surface area contributed by atoms with Gasteiger partial charge in [0.1, 0.15) is 11.6 Å². The molecule has 0 saturated carbocycles. The molecule has 1 aliphatic rings. The first-order chi connectivity index (χ1) is 8.74. The molecule has 1 aromatic carbocycles. The summed E-state index contributed by atoms with van der Waals surface area (Å²) in [5, 5.41) is 4.57. The lowest BCUT2D eigenvalue weighted by molar-refractivity contribution is 0.121. The third kappa shape index (κ3) is 2.04. The van der Waals surface area contributed by atoms with Crippen LogP contribution in [0.3, 0.4) is 0 Å². The van der Waals surface area contributed by atoms with Crippen LogP contribution in [0.1, 0.15) is 19.2 Å². The molecule has 1 aliphatic heterocycles. The van der Waals surface area contributed by atoms with Crippen LogP contribution in [0.2, 0.25) is 0 Å². The van der Waals surface area contributed by atoms with E-state index in [0.717, 1.165) is 35.6 Å². The molecule has 94 valence electrons. The minimum atomic E-state index is 0.235. The summed E-state index contributed by atoms with van der Waals surface area (Å²) < 4.78 is 5.57. The second-order valence-electron chi connectivity index (χ2n) is 4.75. The second-order valence-corrected chi connectivity index (χ2v) is 4.75. The van der Waals surface area contributed by atoms with Gasteiger partial charge in [-0.3, -0.25) is 0 Å². The number of hydrogen-bond donors (Lipinski definition) is 1. The van der Waals surface area contributed by atoms with Crippen LogP contribution in [0.25, 0.3) is 10.9 Å². The molecule has 2 aromatic rings. The van der Waals surface area contributed by atoms with Crippen LogP contribution in [-0.2, 0) is 4.74 Å². The van der Waals surface area contributed by atoms with Crippen LogP contribution in [0.4, 0.5) is 5.82 Å². The quantitative estimate of drug-likeness (QED) is 0.880. The van der Waals surface area contributed by atoms with Gasteiger partial charge in [-0.25, -0.2) is 9.97 Å². The van der Waals surface area contributed by atoms with Gasteiger partial charge in [0, 0.05) is 12.0 Å². The zero-order valence-corrected chi connectivity index (χ0v) is 10.7. The van der Waals surface area contributed by atoms with Crippen LogP contribution < -0.4 is 5.32 Å². The Bertz CT molecular complexity index is 570. The molecule has 2 unspecified atom stereocenters. The van der Waals surface area contributed by atoms with Crippen molar-refractivity contribution in [2.45, 2.75) is 32.4 Å². The summed E-state index contributed by atoms with van der Waals surface area (Å²) in [6.45, 7) is 4.84. The summed E-state index contributed by atoms with van der Waals surface area (Å²) in [7, 11) is 0. The predicted octanol–water partition coefficient (Wildman–Crippen LogP) is 2.53. The molecule has 1 saturated heterocycles. The molecule has 1 fully saturated rings. The van der Waals surface area contributed by atoms with E-state index in [2.05, 4.69) is 28.3 Å². The lowest BCUT2D eigenvalue weighted by Crippen LogP contribution is -2.27. The average Bonchev–Trinajstić information content (AvgIpc) is 2.75. The van der Waals surface area contributed by atoms with Crippen molar-refractivity contribution < 1.29 is 4.74 Å². The fourth-order valence-electron chi connectivity index (χ4n) is 2.40. The molecule has 0 amide bonds. The Balaban J connectivity index is 2.00. The standard InChI is InChI=1S/C14H17N3O/c1-9-12(7-8-18-9)17-14-11-5-3-4-6-13(11)15-10(2)16-14/h3-6,9,12H,7-8H2,1-2H3,(H,15,16,17). The Morgan fingerprint density at radius 1 is 1.28 bits per heavy atom. The van der Waals surface area contributed by atoms with E-state index < -0.39 is 0 Å². The van der Waals surface area contributed by atoms with E-state index in [0.29, 0.717) is 6.04 Å². The molecule has 2 atom stereocenters. The highest BCUT2D eigenvalue weighted by atomic mass is 16.5. The van der Waals surface area contributed by atoms with Gasteiger partial charge in [0.15, 0.2) is 0 Å². The van der Waals surface area contributed by atoms with Crippen LogP contribution in [-0.4, -0.2) is 28.7 Å². The van der Waals surface area contributed by atoms with Crippen molar-refractivity contribution >= 4 is 16.7 Å². The molecular formula is C14H17N3O. The van der Waals surface area contributed by atoms with Crippen molar-refractivity contribution in [3.8, 4) is 0 Å². The number of nitrogens with one attached hydrogen (secondary N) is 1. The second kappa shape index (κ2) is 4.53. The molecular weight excluding hydrogens is 226 g/mol. The SMILES string of the molecule is Cc1nc(NC2CCOC2C)c2ccccc2n1. The molecule has 18 heavy (non-hydrogen) atoms. The number of anilines is 1. The molecule has 0 bridgehead atoms. The highest BCUT2D eigenvalue weighted by Gasteiger charge is 2.24. The number of benzene rings is 1. The van der Waals surface area contributed by atoms with Crippen molar-refractivity contribution in [3.05, 3.63) is 30.1 Å². The Labute approximate surface area is 106 Å². The van der Waals surface area contributed by atoms with Crippen molar-refractivity contribution in [2.24, 2.45) is 0 Å². The van der Waals surface area contributed by atoms with Gasteiger partial charge in [-0.2, -0.15) is 0 Å². The van der Waals surface area contributed by atoms with Gasteiger partial charge in [0.25, 0.3) is 0 Å². The monoisotopic (exact) mass is 243 g/mol. The van der Waals surface area contributed by atoms with Gasteiger partial charge < -0.3 is 10.1 Å². The topological polar surface area (TPSA) is 47.0 Å². The van der Waals surface area contributed by atoms with Gasteiger partial charge in [0.05, 0.1) is 17.7 Å². The van der Waals surface area contributed by atoms with E-state index in [9.17, 15) is 0 Å². The number of rotatable bonds is 2. The zero-order chi connectivity index (χ0) is 12.5. The van der Waals surface area contributed by atoms with Crippen molar-refractivity contribution in [1.29, 1.82) is 0 Å². The summed E-state index contributed by atoms with van der Waals surface area (Å²) in [5.41, 5.74) is 0.985. The lowest BCUT2D eigenvalue weighted by atomic mass is 10.1. The number of para-hydroxylation sites is 1. The minimum Gasteiger partial charge on any atom is -0.376 e. The Hall–Kier alpha value is -1.68.